The zero-order valence-electron chi connectivity index (χ0n) is 12.1. The van der Waals surface area contributed by atoms with Crippen LogP contribution in [0.25, 0.3) is 0 Å². The highest BCUT2D eigenvalue weighted by Gasteiger charge is 2.16. The van der Waals surface area contributed by atoms with E-state index >= 15 is 0 Å². The molecule has 0 amide bonds. The summed E-state index contributed by atoms with van der Waals surface area (Å²) in [5.74, 6) is 0. The van der Waals surface area contributed by atoms with E-state index in [2.05, 4.69) is 0 Å². The van der Waals surface area contributed by atoms with Crippen LogP contribution < -0.4 is 0 Å². The first-order chi connectivity index (χ1) is 10.6. The standard InChI is InChI=1S/C14H16N2O2S4/c1-15(21(17)13-9-5-3-6-10-13)19-20-16(2)22(18)14-11-7-4-8-12-14/h3-12H,1-2H3/t21-,22-/m0/s1. The zero-order valence-corrected chi connectivity index (χ0v) is 15.4. The van der Waals surface area contributed by atoms with Crippen molar-refractivity contribution in [1.29, 1.82) is 0 Å². The first-order valence-electron chi connectivity index (χ1n) is 6.35. The number of hydrogen-bond donors (Lipinski definition) is 0. The quantitative estimate of drug-likeness (QED) is 0.551. The SMILES string of the molecule is CN(SSN(C)[S@@](=O)c1ccccc1)[S@@](=O)c1ccccc1. The molecule has 0 radical (unpaired) electrons. The third-order valence-corrected chi connectivity index (χ3v) is 8.74. The first kappa shape index (κ1) is 17.7. The molecule has 0 aliphatic rings. The van der Waals surface area contributed by atoms with Crippen molar-refractivity contribution >= 4 is 43.9 Å². The van der Waals surface area contributed by atoms with E-state index in [9.17, 15) is 8.42 Å². The third-order valence-electron chi connectivity index (χ3n) is 2.60. The first-order valence-corrected chi connectivity index (χ1v) is 10.6. The molecule has 0 saturated heterocycles. The summed E-state index contributed by atoms with van der Waals surface area (Å²) < 4.78 is 27.9. The Morgan fingerprint density at radius 1 is 0.682 bits per heavy atom. The van der Waals surface area contributed by atoms with Crippen molar-refractivity contribution in [3.63, 3.8) is 0 Å². The number of benzene rings is 2. The highest BCUT2D eigenvalue weighted by Crippen LogP contribution is 2.32. The van der Waals surface area contributed by atoms with Gasteiger partial charge in [0.05, 0.1) is 9.79 Å². The number of hydrogen-bond acceptors (Lipinski definition) is 4. The van der Waals surface area contributed by atoms with Crippen LogP contribution in [-0.4, -0.2) is 29.9 Å². The normalized spacial score (nSPS) is 14.2. The molecule has 0 aliphatic carbocycles. The van der Waals surface area contributed by atoms with Crippen molar-refractivity contribution in [2.45, 2.75) is 9.79 Å². The molecule has 0 heterocycles. The van der Waals surface area contributed by atoms with Gasteiger partial charge in [0, 0.05) is 36.1 Å². The third kappa shape index (κ3) is 4.94. The second-order valence-electron chi connectivity index (χ2n) is 4.15. The lowest BCUT2D eigenvalue weighted by Gasteiger charge is -2.18. The maximum Gasteiger partial charge on any atom is 0.138 e. The van der Waals surface area contributed by atoms with Crippen molar-refractivity contribution in [3.8, 4) is 0 Å². The molecular formula is C14H16N2O2S4. The van der Waals surface area contributed by atoms with E-state index in [0.717, 1.165) is 9.79 Å². The van der Waals surface area contributed by atoms with Gasteiger partial charge in [-0.25, -0.2) is 8.42 Å². The van der Waals surface area contributed by atoms with E-state index in [0.29, 0.717) is 0 Å². The van der Waals surface area contributed by atoms with Crippen molar-refractivity contribution < 1.29 is 8.42 Å². The molecule has 0 bridgehead atoms. The largest absolute Gasteiger partial charge is 0.236 e. The van der Waals surface area contributed by atoms with Gasteiger partial charge in [-0.3, -0.25) is 0 Å². The molecule has 0 aliphatic heterocycles. The van der Waals surface area contributed by atoms with Crippen LogP contribution in [0.1, 0.15) is 0 Å². The Bertz CT molecular complexity index is 582. The van der Waals surface area contributed by atoms with Gasteiger partial charge in [-0.2, -0.15) is 7.42 Å². The Morgan fingerprint density at radius 3 is 1.32 bits per heavy atom. The van der Waals surface area contributed by atoms with E-state index in [-0.39, 0.29) is 0 Å². The van der Waals surface area contributed by atoms with Gasteiger partial charge < -0.3 is 0 Å². The highest BCUT2D eigenvalue weighted by molar-refractivity contribution is 8.76. The summed E-state index contributed by atoms with van der Waals surface area (Å²) in [5.41, 5.74) is 0. The van der Waals surface area contributed by atoms with Crippen LogP contribution in [0.2, 0.25) is 0 Å². The Labute approximate surface area is 144 Å². The van der Waals surface area contributed by atoms with E-state index < -0.39 is 22.0 Å². The van der Waals surface area contributed by atoms with E-state index in [1.807, 2.05) is 60.7 Å². The minimum atomic E-state index is -1.25. The Balaban J connectivity index is 1.89. The van der Waals surface area contributed by atoms with Gasteiger partial charge in [-0.05, 0) is 24.3 Å². The Morgan fingerprint density at radius 2 is 1.00 bits per heavy atom. The van der Waals surface area contributed by atoms with Crippen LogP contribution in [-0.2, 0) is 22.0 Å². The summed E-state index contributed by atoms with van der Waals surface area (Å²) in [4.78, 5) is 1.48. The fourth-order valence-corrected chi connectivity index (χ4v) is 6.09. The molecule has 2 aromatic carbocycles. The van der Waals surface area contributed by atoms with Gasteiger partial charge in [0.15, 0.2) is 0 Å². The van der Waals surface area contributed by atoms with E-state index in [4.69, 9.17) is 0 Å². The minimum Gasteiger partial charge on any atom is -0.236 e. The zero-order chi connectivity index (χ0) is 15.9. The fourth-order valence-electron chi connectivity index (χ4n) is 1.52. The molecule has 4 nitrogen and oxygen atoms in total. The summed E-state index contributed by atoms with van der Waals surface area (Å²) in [7, 11) is 3.58. The number of rotatable bonds is 7. The van der Waals surface area contributed by atoms with Gasteiger partial charge in [0.25, 0.3) is 0 Å². The second kappa shape index (κ2) is 8.85. The Hall–Kier alpha value is -0.640. The molecule has 2 aromatic rings. The van der Waals surface area contributed by atoms with Crippen LogP contribution in [0.5, 0.6) is 0 Å². The maximum absolute atomic E-state index is 12.3. The maximum atomic E-state index is 12.3. The van der Waals surface area contributed by atoms with Crippen LogP contribution in [0.4, 0.5) is 0 Å². The lowest BCUT2D eigenvalue weighted by atomic mass is 10.4. The summed E-state index contributed by atoms with van der Waals surface area (Å²) in [6.07, 6.45) is 0. The van der Waals surface area contributed by atoms with Crippen molar-refractivity contribution in [2.24, 2.45) is 0 Å². The van der Waals surface area contributed by atoms with E-state index in [1.54, 1.807) is 21.5 Å². The monoisotopic (exact) mass is 372 g/mol. The molecule has 2 rings (SSSR count). The minimum absolute atomic E-state index is 0.741. The lowest BCUT2D eigenvalue weighted by Crippen LogP contribution is -2.16. The van der Waals surface area contributed by atoms with Crippen LogP contribution in [0.15, 0.2) is 70.5 Å². The second-order valence-corrected chi connectivity index (χ2v) is 9.94. The molecule has 0 unspecified atom stereocenters. The molecule has 0 N–H and O–H groups in total. The molecule has 2 atom stereocenters. The van der Waals surface area contributed by atoms with Gasteiger partial charge in [0.1, 0.15) is 22.0 Å². The molecular weight excluding hydrogens is 356 g/mol. The predicted octanol–water partition coefficient (Wildman–Crippen LogP) is 3.51. The molecule has 0 saturated carbocycles. The average molecular weight is 373 g/mol. The topological polar surface area (TPSA) is 40.6 Å². The van der Waals surface area contributed by atoms with Gasteiger partial charge >= 0.3 is 0 Å². The average Bonchev–Trinajstić information content (AvgIpc) is 2.59. The highest BCUT2D eigenvalue weighted by atomic mass is 33.1. The summed E-state index contributed by atoms with van der Waals surface area (Å²) in [5, 5.41) is 0. The van der Waals surface area contributed by atoms with Gasteiger partial charge in [0.2, 0.25) is 0 Å². The van der Waals surface area contributed by atoms with Crippen LogP contribution >= 0.6 is 22.0 Å². The van der Waals surface area contributed by atoms with Crippen molar-refractivity contribution in [2.75, 3.05) is 14.1 Å². The van der Waals surface area contributed by atoms with Gasteiger partial charge in [-0.15, -0.1) is 0 Å². The molecule has 0 fully saturated rings. The van der Waals surface area contributed by atoms with Gasteiger partial charge in [-0.1, -0.05) is 36.4 Å². The summed E-state index contributed by atoms with van der Waals surface area (Å²) in [6.45, 7) is 0. The number of nitrogens with zero attached hydrogens (tertiary/aromatic N) is 2. The molecule has 0 aromatic heterocycles. The molecule has 118 valence electrons. The molecule has 8 heteroatoms. The van der Waals surface area contributed by atoms with Crippen molar-refractivity contribution in [3.05, 3.63) is 60.7 Å². The van der Waals surface area contributed by atoms with Crippen LogP contribution in [0, 0.1) is 0 Å². The molecule has 0 spiro atoms. The smallest absolute Gasteiger partial charge is 0.138 e. The van der Waals surface area contributed by atoms with E-state index in [1.165, 1.54) is 22.0 Å². The van der Waals surface area contributed by atoms with Crippen molar-refractivity contribution in [1.82, 2.24) is 7.42 Å². The van der Waals surface area contributed by atoms with Crippen LogP contribution in [0.3, 0.4) is 0 Å². The summed E-state index contributed by atoms with van der Waals surface area (Å²) in [6, 6.07) is 18.5. The predicted molar refractivity (Wildman–Crippen MR) is 96.4 cm³/mol. The Kier molecular flexibility index (Phi) is 7.13. The lowest BCUT2D eigenvalue weighted by molar-refractivity contribution is 0.657. The summed E-state index contributed by atoms with van der Waals surface area (Å²) >= 11 is 0. The fraction of sp³-hybridized carbons (Fsp3) is 0.143. The molecule has 22 heavy (non-hydrogen) atoms.